The third-order valence-electron chi connectivity index (χ3n) is 4.36. The molecule has 0 N–H and O–H groups in total. The van der Waals surface area contributed by atoms with Crippen molar-refractivity contribution in [1.29, 1.82) is 0 Å². The fraction of sp³-hybridized carbons (Fsp3) is 0.235. The van der Waals surface area contributed by atoms with Crippen LogP contribution in [0.1, 0.15) is 22.3 Å². The van der Waals surface area contributed by atoms with Gasteiger partial charge in [0.25, 0.3) is 5.91 Å². The van der Waals surface area contributed by atoms with Crippen LogP contribution in [0.25, 0.3) is 5.65 Å². The summed E-state index contributed by atoms with van der Waals surface area (Å²) in [5.74, 6) is -0.259. The highest BCUT2D eigenvalue weighted by atomic mass is 35.5. The van der Waals surface area contributed by atoms with Gasteiger partial charge in [0.1, 0.15) is 5.56 Å². The van der Waals surface area contributed by atoms with Crippen molar-refractivity contribution >= 4 is 23.2 Å². The molecule has 0 saturated carbocycles. The first-order valence-corrected chi connectivity index (χ1v) is 7.97. The molecule has 1 amide bonds. The molecule has 3 aromatic rings. The summed E-state index contributed by atoms with van der Waals surface area (Å²) in [5.41, 5.74) is -0.229. The number of nitrogens with zero attached hydrogens (tertiary/aromatic N) is 4. The fourth-order valence-electron chi connectivity index (χ4n) is 3.10. The van der Waals surface area contributed by atoms with Crippen molar-refractivity contribution in [1.82, 2.24) is 19.5 Å². The highest BCUT2D eigenvalue weighted by Crippen LogP contribution is 2.37. The van der Waals surface area contributed by atoms with E-state index < -0.39 is 5.67 Å². The highest BCUT2D eigenvalue weighted by molar-refractivity contribution is 6.30. The van der Waals surface area contributed by atoms with E-state index in [0.717, 1.165) is 0 Å². The minimum absolute atomic E-state index is 0.00362. The molecular formula is C17H14ClFN4O. The van der Waals surface area contributed by atoms with Gasteiger partial charge in [0.2, 0.25) is 0 Å². The van der Waals surface area contributed by atoms with Crippen LogP contribution in [-0.2, 0) is 5.67 Å². The molecule has 1 atom stereocenters. The van der Waals surface area contributed by atoms with Crippen molar-refractivity contribution in [3.63, 3.8) is 0 Å². The maximum Gasteiger partial charge on any atom is 0.259 e. The number of carbonyl (C=O) groups excluding carboxylic acids is 1. The summed E-state index contributed by atoms with van der Waals surface area (Å²) in [4.78, 5) is 18.4. The van der Waals surface area contributed by atoms with Gasteiger partial charge in [-0.15, -0.1) is 0 Å². The minimum Gasteiger partial charge on any atom is -0.335 e. The Hall–Kier alpha value is -2.47. The first-order chi connectivity index (χ1) is 11.6. The molecule has 122 valence electrons. The van der Waals surface area contributed by atoms with E-state index in [2.05, 4.69) is 10.1 Å². The van der Waals surface area contributed by atoms with Crippen LogP contribution in [0.3, 0.4) is 0 Å². The average Bonchev–Trinajstić information content (AvgIpc) is 3.19. The molecule has 3 heterocycles. The number of rotatable bonds is 2. The van der Waals surface area contributed by atoms with Crippen LogP contribution in [0.5, 0.6) is 0 Å². The smallest absolute Gasteiger partial charge is 0.259 e. The molecule has 0 aliphatic carbocycles. The van der Waals surface area contributed by atoms with Gasteiger partial charge in [-0.1, -0.05) is 23.7 Å². The second-order valence-electron chi connectivity index (χ2n) is 5.90. The van der Waals surface area contributed by atoms with Gasteiger partial charge in [0.15, 0.2) is 11.3 Å². The number of carbonyl (C=O) groups is 1. The monoisotopic (exact) mass is 344 g/mol. The van der Waals surface area contributed by atoms with E-state index in [1.54, 1.807) is 42.7 Å². The number of hydrogen-bond donors (Lipinski definition) is 0. The maximum absolute atomic E-state index is 15.3. The third-order valence-corrected chi connectivity index (χ3v) is 4.59. The third kappa shape index (κ3) is 2.43. The van der Waals surface area contributed by atoms with E-state index in [9.17, 15) is 4.79 Å². The maximum atomic E-state index is 15.3. The number of amides is 1. The second-order valence-corrected chi connectivity index (χ2v) is 6.33. The summed E-state index contributed by atoms with van der Waals surface area (Å²) < 4.78 is 16.8. The summed E-state index contributed by atoms with van der Waals surface area (Å²) in [6, 6.07) is 8.48. The highest BCUT2D eigenvalue weighted by Gasteiger charge is 2.42. The Morgan fingerprint density at radius 3 is 3.04 bits per heavy atom. The summed E-state index contributed by atoms with van der Waals surface area (Å²) in [6.07, 6.45) is 5.03. The Bertz CT molecular complexity index is 928. The summed E-state index contributed by atoms with van der Waals surface area (Å²) >= 11 is 5.96. The number of halogens is 2. The molecule has 0 radical (unpaired) electrons. The Balaban J connectivity index is 1.61. The fourth-order valence-corrected chi connectivity index (χ4v) is 3.29. The van der Waals surface area contributed by atoms with Crippen molar-refractivity contribution in [2.24, 2.45) is 0 Å². The van der Waals surface area contributed by atoms with Gasteiger partial charge < -0.3 is 4.90 Å². The zero-order valence-electron chi connectivity index (χ0n) is 12.7. The molecule has 7 heteroatoms. The number of fused-ring (bicyclic) bond motifs is 1. The summed E-state index contributed by atoms with van der Waals surface area (Å²) in [5, 5.41) is 4.60. The molecule has 0 bridgehead atoms. The Morgan fingerprint density at radius 1 is 1.33 bits per heavy atom. The van der Waals surface area contributed by atoms with Crippen LogP contribution in [-0.4, -0.2) is 38.5 Å². The van der Waals surface area contributed by atoms with E-state index in [4.69, 9.17) is 11.6 Å². The first-order valence-electron chi connectivity index (χ1n) is 7.59. The van der Waals surface area contributed by atoms with E-state index in [-0.39, 0.29) is 18.9 Å². The van der Waals surface area contributed by atoms with E-state index in [1.165, 1.54) is 15.6 Å². The second kappa shape index (κ2) is 5.56. The zero-order chi connectivity index (χ0) is 16.7. The standard InChI is InChI=1S/C17H14ClFN4O/c18-13-4-1-3-12(9-13)17(19)5-8-22(11-17)16(24)14-10-21-23-7-2-6-20-15(14)23/h1-4,6-7,9-10H,5,8,11H2. The molecule has 1 saturated heterocycles. The van der Waals surface area contributed by atoms with Crippen LogP contribution in [0, 0.1) is 0 Å². The summed E-state index contributed by atoms with van der Waals surface area (Å²) in [6.45, 7) is 0.336. The normalized spacial score (nSPS) is 20.7. The summed E-state index contributed by atoms with van der Waals surface area (Å²) in [7, 11) is 0. The molecule has 24 heavy (non-hydrogen) atoms. The predicted molar refractivity (Wildman–Crippen MR) is 87.7 cm³/mol. The lowest BCUT2D eigenvalue weighted by Gasteiger charge is -2.21. The molecule has 0 spiro atoms. The van der Waals surface area contributed by atoms with Gasteiger partial charge in [-0.25, -0.2) is 13.9 Å². The molecule has 4 rings (SSSR count). The van der Waals surface area contributed by atoms with Crippen molar-refractivity contribution in [3.05, 3.63) is 65.1 Å². The number of hydrogen-bond acceptors (Lipinski definition) is 3. The van der Waals surface area contributed by atoms with Crippen molar-refractivity contribution in [3.8, 4) is 0 Å². The van der Waals surface area contributed by atoms with Crippen LogP contribution in [0.4, 0.5) is 4.39 Å². The largest absolute Gasteiger partial charge is 0.335 e. The Labute approximate surface area is 142 Å². The van der Waals surface area contributed by atoms with E-state index in [0.29, 0.717) is 28.3 Å². The molecule has 1 fully saturated rings. The van der Waals surface area contributed by atoms with Crippen molar-refractivity contribution in [2.75, 3.05) is 13.1 Å². The molecule has 2 aromatic heterocycles. The molecular weight excluding hydrogens is 331 g/mol. The quantitative estimate of drug-likeness (QED) is 0.717. The predicted octanol–water partition coefficient (Wildman–Crippen LogP) is 3.09. The molecule has 1 aliphatic heterocycles. The van der Waals surface area contributed by atoms with Crippen LogP contribution >= 0.6 is 11.6 Å². The van der Waals surface area contributed by atoms with Gasteiger partial charge >= 0.3 is 0 Å². The topological polar surface area (TPSA) is 50.5 Å². The lowest BCUT2D eigenvalue weighted by molar-refractivity contribution is 0.0752. The van der Waals surface area contributed by atoms with Gasteiger partial charge in [-0.2, -0.15) is 5.10 Å². The molecule has 1 aliphatic rings. The SMILES string of the molecule is O=C(c1cnn2cccnc12)N1CCC(F)(c2cccc(Cl)c2)C1. The van der Waals surface area contributed by atoms with E-state index in [1.807, 2.05) is 0 Å². The Kier molecular flexibility index (Phi) is 3.49. The zero-order valence-corrected chi connectivity index (χ0v) is 13.4. The number of benzene rings is 1. The van der Waals surface area contributed by atoms with Crippen molar-refractivity contribution in [2.45, 2.75) is 12.1 Å². The van der Waals surface area contributed by atoms with Gasteiger partial charge in [0.05, 0.1) is 12.7 Å². The van der Waals surface area contributed by atoms with Crippen molar-refractivity contribution < 1.29 is 9.18 Å². The van der Waals surface area contributed by atoms with Crippen LogP contribution in [0.15, 0.2) is 48.9 Å². The Morgan fingerprint density at radius 2 is 2.21 bits per heavy atom. The number of likely N-dealkylation sites (tertiary alicyclic amines) is 1. The molecule has 1 unspecified atom stereocenters. The lowest BCUT2D eigenvalue weighted by atomic mass is 9.95. The van der Waals surface area contributed by atoms with Gasteiger partial charge in [-0.05, 0) is 23.8 Å². The molecule has 5 nitrogen and oxygen atoms in total. The van der Waals surface area contributed by atoms with Crippen LogP contribution < -0.4 is 0 Å². The number of aromatic nitrogens is 3. The first kappa shape index (κ1) is 15.1. The van der Waals surface area contributed by atoms with Gasteiger partial charge in [-0.3, -0.25) is 4.79 Å². The van der Waals surface area contributed by atoms with Gasteiger partial charge in [0, 0.05) is 30.4 Å². The number of alkyl halides is 1. The minimum atomic E-state index is -1.59. The van der Waals surface area contributed by atoms with Crippen LogP contribution in [0.2, 0.25) is 5.02 Å². The average molecular weight is 345 g/mol. The van der Waals surface area contributed by atoms with E-state index >= 15 is 4.39 Å². The lowest BCUT2D eigenvalue weighted by Crippen LogP contribution is -2.32. The molecule has 1 aromatic carbocycles.